The molecule has 0 aliphatic rings. The summed E-state index contributed by atoms with van der Waals surface area (Å²) in [6.07, 6.45) is 1.83. The highest BCUT2D eigenvalue weighted by Crippen LogP contribution is 2.27. The Morgan fingerprint density at radius 2 is 1.87 bits per heavy atom. The number of hydrogen-bond acceptors (Lipinski definition) is 2. The maximum absolute atomic E-state index is 5.81. The minimum Gasteiger partial charge on any atom is -0.250 e. The highest BCUT2D eigenvalue weighted by atomic mass is 35.5. The van der Waals surface area contributed by atoms with E-state index >= 15 is 0 Å². The predicted molar refractivity (Wildman–Crippen MR) is 64.5 cm³/mol. The monoisotopic (exact) mass is 235 g/mol. The number of rotatable bonds is 2. The van der Waals surface area contributed by atoms with Gasteiger partial charge < -0.3 is 0 Å². The molecule has 76 valence electrons. The van der Waals surface area contributed by atoms with Crippen molar-refractivity contribution in [2.24, 2.45) is 0 Å². The van der Waals surface area contributed by atoms with Crippen LogP contribution < -0.4 is 0 Å². The minimum absolute atomic E-state index is 0.761. The second kappa shape index (κ2) is 4.69. The van der Waals surface area contributed by atoms with Gasteiger partial charge in [-0.1, -0.05) is 23.4 Å². The van der Waals surface area contributed by atoms with Crippen molar-refractivity contribution in [1.82, 2.24) is 4.98 Å². The number of pyridine rings is 1. The van der Waals surface area contributed by atoms with Gasteiger partial charge in [-0.15, -0.1) is 0 Å². The van der Waals surface area contributed by atoms with Crippen LogP contribution in [-0.4, -0.2) is 4.98 Å². The molecule has 15 heavy (non-hydrogen) atoms. The molecule has 0 bridgehead atoms. The summed E-state index contributed by atoms with van der Waals surface area (Å²) in [5.74, 6) is 0. The fraction of sp³-hybridized carbons (Fsp3) is 0.0833. The molecule has 0 spiro atoms. The average Bonchev–Trinajstić information content (AvgIpc) is 2.22. The maximum Gasteiger partial charge on any atom is 0.101 e. The number of aryl methyl sites for hydroxylation is 1. The molecule has 1 aromatic carbocycles. The summed E-state index contributed by atoms with van der Waals surface area (Å²) in [7, 11) is 0. The standard InChI is InChI=1S/C12H10ClNS/c1-9-6-7-14-12(8-9)15-11-4-2-10(13)3-5-11/h2-8H,1H3. The second-order valence-corrected chi connectivity index (χ2v) is 4.76. The van der Waals surface area contributed by atoms with E-state index in [1.165, 1.54) is 5.56 Å². The van der Waals surface area contributed by atoms with Gasteiger partial charge in [-0.05, 0) is 48.9 Å². The summed E-state index contributed by atoms with van der Waals surface area (Å²) in [4.78, 5) is 5.44. The molecule has 2 aromatic rings. The Morgan fingerprint density at radius 3 is 2.53 bits per heavy atom. The molecule has 0 N–H and O–H groups in total. The summed E-state index contributed by atoms with van der Waals surface area (Å²) < 4.78 is 0. The van der Waals surface area contributed by atoms with Gasteiger partial charge in [-0.2, -0.15) is 0 Å². The first kappa shape index (κ1) is 10.5. The molecule has 1 heterocycles. The summed E-state index contributed by atoms with van der Waals surface area (Å²) >= 11 is 7.46. The van der Waals surface area contributed by atoms with E-state index in [1.807, 2.05) is 36.5 Å². The van der Waals surface area contributed by atoms with Crippen LogP contribution in [0.1, 0.15) is 5.56 Å². The largest absolute Gasteiger partial charge is 0.250 e. The summed E-state index contributed by atoms with van der Waals surface area (Å²) in [6.45, 7) is 2.06. The van der Waals surface area contributed by atoms with E-state index in [4.69, 9.17) is 11.6 Å². The molecule has 0 saturated carbocycles. The van der Waals surface area contributed by atoms with Crippen LogP contribution in [0.15, 0.2) is 52.5 Å². The minimum atomic E-state index is 0.761. The van der Waals surface area contributed by atoms with Gasteiger partial charge >= 0.3 is 0 Å². The van der Waals surface area contributed by atoms with Gasteiger partial charge in [0.05, 0.1) is 0 Å². The van der Waals surface area contributed by atoms with Crippen LogP contribution in [0.25, 0.3) is 0 Å². The summed E-state index contributed by atoms with van der Waals surface area (Å²) in [6, 6.07) is 11.8. The third-order valence-electron chi connectivity index (χ3n) is 1.93. The molecule has 2 rings (SSSR count). The third-order valence-corrected chi connectivity index (χ3v) is 3.12. The Kier molecular flexibility index (Phi) is 3.29. The fourth-order valence-corrected chi connectivity index (χ4v) is 2.19. The maximum atomic E-state index is 5.81. The van der Waals surface area contributed by atoms with Gasteiger partial charge in [0, 0.05) is 16.1 Å². The molecule has 1 aromatic heterocycles. The van der Waals surface area contributed by atoms with Crippen molar-refractivity contribution in [3.05, 3.63) is 53.2 Å². The Labute approximate surface area is 98.5 Å². The molecule has 0 radical (unpaired) electrons. The molecule has 0 aliphatic carbocycles. The Balaban J connectivity index is 2.18. The molecule has 0 aliphatic heterocycles. The number of hydrogen-bond donors (Lipinski definition) is 0. The first-order valence-electron chi connectivity index (χ1n) is 4.60. The SMILES string of the molecule is Cc1ccnc(Sc2ccc(Cl)cc2)c1. The van der Waals surface area contributed by atoms with Crippen LogP contribution in [0.4, 0.5) is 0 Å². The smallest absolute Gasteiger partial charge is 0.101 e. The molecule has 0 saturated heterocycles. The van der Waals surface area contributed by atoms with Crippen molar-refractivity contribution in [2.45, 2.75) is 16.8 Å². The third kappa shape index (κ3) is 2.98. The zero-order valence-corrected chi connectivity index (χ0v) is 9.85. The molecule has 3 heteroatoms. The normalized spacial score (nSPS) is 10.3. The highest BCUT2D eigenvalue weighted by Gasteiger charge is 1.98. The number of nitrogens with zero attached hydrogens (tertiary/aromatic N) is 1. The van der Waals surface area contributed by atoms with Gasteiger partial charge in [0.1, 0.15) is 5.03 Å². The van der Waals surface area contributed by atoms with Crippen LogP contribution in [0, 0.1) is 6.92 Å². The van der Waals surface area contributed by atoms with Crippen molar-refractivity contribution in [1.29, 1.82) is 0 Å². The van der Waals surface area contributed by atoms with E-state index < -0.39 is 0 Å². The lowest BCUT2D eigenvalue weighted by Crippen LogP contribution is -1.80. The van der Waals surface area contributed by atoms with E-state index in [-0.39, 0.29) is 0 Å². The second-order valence-electron chi connectivity index (χ2n) is 3.23. The summed E-state index contributed by atoms with van der Waals surface area (Å²) in [5.41, 5.74) is 1.22. The topological polar surface area (TPSA) is 12.9 Å². The lowest BCUT2D eigenvalue weighted by molar-refractivity contribution is 1.11. The molecule has 0 atom stereocenters. The Bertz CT molecular complexity index is 453. The Hall–Kier alpha value is -0.990. The van der Waals surface area contributed by atoms with Gasteiger partial charge in [0.2, 0.25) is 0 Å². The van der Waals surface area contributed by atoms with Crippen LogP contribution in [0.5, 0.6) is 0 Å². The number of benzene rings is 1. The lowest BCUT2D eigenvalue weighted by Gasteiger charge is -2.01. The van der Waals surface area contributed by atoms with Gasteiger partial charge in [-0.3, -0.25) is 0 Å². The van der Waals surface area contributed by atoms with Crippen molar-refractivity contribution >= 4 is 23.4 Å². The van der Waals surface area contributed by atoms with Crippen molar-refractivity contribution in [3.8, 4) is 0 Å². The zero-order chi connectivity index (χ0) is 10.7. The van der Waals surface area contributed by atoms with E-state index in [2.05, 4.69) is 18.0 Å². The highest BCUT2D eigenvalue weighted by molar-refractivity contribution is 7.99. The van der Waals surface area contributed by atoms with Crippen molar-refractivity contribution in [3.63, 3.8) is 0 Å². The Morgan fingerprint density at radius 1 is 1.13 bits per heavy atom. The number of aromatic nitrogens is 1. The van der Waals surface area contributed by atoms with E-state index in [1.54, 1.807) is 11.8 Å². The van der Waals surface area contributed by atoms with Crippen LogP contribution in [-0.2, 0) is 0 Å². The number of halogens is 1. The van der Waals surface area contributed by atoms with Crippen molar-refractivity contribution in [2.75, 3.05) is 0 Å². The molecule has 1 nitrogen and oxygen atoms in total. The zero-order valence-electron chi connectivity index (χ0n) is 8.27. The fourth-order valence-electron chi connectivity index (χ4n) is 1.19. The lowest BCUT2D eigenvalue weighted by atomic mass is 10.3. The first-order valence-corrected chi connectivity index (χ1v) is 5.79. The average molecular weight is 236 g/mol. The predicted octanol–water partition coefficient (Wildman–Crippen LogP) is 4.19. The molecule has 0 unspecified atom stereocenters. The molecule has 0 amide bonds. The van der Waals surface area contributed by atoms with E-state index in [0.717, 1.165) is 14.9 Å². The van der Waals surface area contributed by atoms with E-state index in [9.17, 15) is 0 Å². The molecular formula is C12H10ClNS. The first-order chi connectivity index (χ1) is 7.24. The molecular weight excluding hydrogens is 226 g/mol. The van der Waals surface area contributed by atoms with Gasteiger partial charge in [-0.25, -0.2) is 4.98 Å². The van der Waals surface area contributed by atoms with Crippen molar-refractivity contribution < 1.29 is 0 Å². The van der Waals surface area contributed by atoms with Gasteiger partial charge in [0.15, 0.2) is 0 Å². The van der Waals surface area contributed by atoms with E-state index in [0.29, 0.717) is 0 Å². The summed E-state index contributed by atoms with van der Waals surface area (Å²) in [5, 5.41) is 1.77. The quantitative estimate of drug-likeness (QED) is 0.774. The molecule has 0 fully saturated rings. The van der Waals surface area contributed by atoms with Gasteiger partial charge in [0.25, 0.3) is 0 Å². The van der Waals surface area contributed by atoms with Crippen LogP contribution >= 0.6 is 23.4 Å². The van der Waals surface area contributed by atoms with Crippen LogP contribution in [0.3, 0.4) is 0 Å². The van der Waals surface area contributed by atoms with Crippen LogP contribution in [0.2, 0.25) is 5.02 Å².